The molecule has 98 valence electrons. The Hall–Kier alpha value is -1.32. The molecule has 1 fully saturated rings. The summed E-state index contributed by atoms with van der Waals surface area (Å²) < 4.78 is 12.1. The van der Waals surface area contributed by atoms with Gasteiger partial charge in [-0.1, -0.05) is 46.3 Å². The van der Waals surface area contributed by atoms with E-state index < -0.39 is 0 Å². The van der Waals surface area contributed by atoms with E-state index in [1.54, 1.807) is 0 Å². The highest BCUT2D eigenvalue weighted by molar-refractivity contribution is 9.10. The van der Waals surface area contributed by atoms with Crippen molar-refractivity contribution in [3.05, 3.63) is 53.0 Å². The van der Waals surface area contributed by atoms with Crippen molar-refractivity contribution in [3.63, 3.8) is 0 Å². The molecule has 2 nitrogen and oxygen atoms in total. The van der Waals surface area contributed by atoms with Crippen molar-refractivity contribution >= 4 is 15.9 Å². The van der Waals surface area contributed by atoms with Gasteiger partial charge in [-0.05, 0) is 36.2 Å². The van der Waals surface area contributed by atoms with Crippen LogP contribution < -0.4 is 4.74 Å². The third-order valence-electron chi connectivity index (χ3n) is 3.22. The van der Waals surface area contributed by atoms with E-state index in [4.69, 9.17) is 9.47 Å². The Morgan fingerprint density at radius 3 is 2.47 bits per heavy atom. The first-order valence-electron chi connectivity index (χ1n) is 6.28. The number of ether oxygens (including phenoxy) is 2. The summed E-state index contributed by atoms with van der Waals surface area (Å²) >= 11 is 3.57. The summed E-state index contributed by atoms with van der Waals surface area (Å²) in [5.74, 6) is 0.882. The Morgan fingerprint density at radius 2 is 1.84 bits per heavy atom. The van der Waals surface area contributed by atoms with E-state index in [9.17, 15) is 0 Å². The molecule has 0 N–H and O–H groups in total. The Balaban J connectivity index is 1.73. The topological polar surface area (TPSA) is 21.8 Å². The molecular weight excluding hydrogens is 304 g/mol. The van der Waals surface area contributed by atoms with Crippen molar-refractivity contribution in [2.75, 3.05) is 13.2 Å². The molecule has 1 saturated heterocycles. The van der Waals surface area contributed by atoms with E-state index in [0.29, 0.717) is 6.61 Å². The molecule has 3 rings (SSSR count). The predicted molar refractivity (Wildman–Crippen MR) is 79.4 cm³/mol. The number of benzene rings is 2. The average Bonchev–Trinajstić information content (AvgIpc) is 3.16. The van der Waals surface area contributed by atoms with Crippen molar-refractivity contribution in [2.24, 2.45) is 0 Å². The first-order chi connectivity index (χ1) is 9.16. The summed E-state index contributed by atoms with van der Waals surface area (Å²) in [4.78, 5) is 0. The van der Waals surface area contributed by atoms with Crippen LogP contribution in [0.4, 0.5) is 0 Å². The molecule has 3 heteroatoms. The maximum Gasteiger partial charge on any atom is 0.123 e. The number of hydrogen-bond donors (Lipinski definition) is 0. The highest BCUT2D eigenvalue weighted by Crippen LogP contribution is 2.30. The first kappa shape index (κ1) is 12.7. The normalized spacial score (nSPS) is 21.2. The van der Waals surface area contributed by atoms with Gasteiger partial charge in [0.15, 0.2) is 0 Å². The van der Waals surface area contributed by atoms with E-state index in [1.807, 2.05) is 30.3 Å². The van der Waals surface area contributed by atoms with Crippen LogP contribution in [0.2, 0.25) is 0 Å². The third kappa shape index (κ3) is 2.99. The SMILES string of the molecule is CC1(COc2ccc(-c3ccccc3Br)cc2)CO1. The largest absolute Gasteiger partial charge is 0.491 e. The molecule has 0 radical (unpaired) electrons. The van der Waals surface area contributed by atoms with Gasteiger partial charge in [0.25, 0.3) is 0 Å². The van der Waals surface area contributed by atoms with Crippen LogP contribution in [0.5, 0.6) is 5.75 Å². The van der Waals surface area contributed by atoms with Gasteiger partial charge in [-0.3, -0.25) is 0 Å². The van der Waals surface area contributed by atoms with E-state index >= 15 is 0 Å². The van der Waals surface area contributed by atoms with Crippen LogP contribution in [-0.4, -0.2) is 18.8 Å². The summed E-state index contributed by atoms with van der Waals surface area (Å²) in [6.07, 6.45) is 0. The zero-order valence-electron chi connectivity index (χ0n) is 10.7. The van der Waals surface area contributed by atoms with Gasteiger partial charge in [-0.15, -0.1) is 0 Å². The van der Waals surface area contributed by atoms with Gasteiger partial charge in [0, 0.05) is 4.47 Å². The summed E-state index contributed by atoms with van der Waals surface area (Å²) in [6, 6.07) is 16.3. The van der Waals surface area contributed by atoms with Crippen LogP contribution in [0.3, 0.4) is 0 Å². The fourth-order valence-corrected chi connectivity index (χ4v) is 2.38. The lowest BCUT2D eigenvalue weighted by Gasteiger charge is -2.10. The fraction of sp³-hybridized carbons (Fsp3) is 0.250. The standard InChI is InChI=1S/C16H15BrO2/c1-16(11-19-16)10-18-13-8-6-12(7-9-13)14-4-2-3-5-15(14)17/h2-9H,10-11H2,1H3. The van der Waals surface area contributed by atoms with Crippen LogP contribution in [0.15, 0.2) is 53.0 Å². The summed E-state index contributed by atoms with van der Waals surface area (Å²) in [5, 5.41) is 0. The molecule has 0 aromatic heterocycles. The fourth-order valence-electron chi connectivity index (χ4n) is 1.87. The second-order valence-corrected chi connectivity index (χ2v) is 5.89. The highest BCUT2D eigenvalue weighted by Gasteiger charge is 2.40. The van der Waals surface area contributed by atoms with Gasteiger partial charge in [0.1, 0.15) is 18.0 Å². The minimum Gasteiger partial charge on any atom is -0.491 e. The highest BCUT2D eigenvalue weighted by atomic mass is 79.9. The zero-order valence-corrected chi connectivity index (χ0v) is 12.3. The van der Waals surface area contributed by atoms with Gasteiger partial charge in [0.2, 0.25) is 0 Å². The van der Waals surface area contributed by atoms with Crippen LogP contribution in [0.25, 0.3) is 11.1 Å². The van der Waals surface area contributed by atoms with Crippen molar-refractivity contribution in [2.45, 2.75) is 12.5 Å². The molecule has 1 aliphatic rings. The molecule has 2 aromatic rings. The van der Waals surface area contributed by atoms with Crippen molar-refractivity contribution in [1.29, 1.82) is 0 Å². The summed E-state index contributed by atoms with van der Waals surface area (Å²) in [6.45, 7) is 3.46. The van der Waals surface area contributed by atoms with Gasteiger partial charge in [0.05, 0.1) is 6.61 Å². The maximum absolute atomic E-state index is 5.72. The number of epoxide rings is 1. The van der Waals surface area contributed by atoms with E-state index in [1.165, 1.54) is 11.1 Å². The zero-order chi connectivity index (χ0) is 13.3. The Kier molecular flexibility index (Phi) is 3.33. The molecule has 0 saturated carbocycles. The molecule has 0 spiro atoms. The van der Waals surface area contributed by atoms with Gasteiger partial charge in [-0.25, -0.2) is 0 Å². The third-order valence-corrected chi connectivity index (χ3v) is 3.91. The quantitative estimate of drug-likeness (QED) is 0.785. The smallest absolute Gasteiger partial charge is 0.123 e. The van der Waals surface area contributed by atoms with E-state index in [-0.39, 0.29) is 5.60 Å². The molecule has 1 unspecified atom stereocenters. The summed E-state index contributed by atoms with van der Waals surface area (Å²) in [5.41, 5.74) is 2.29. The van der Waals surface area contributed by atoms with Crippen LogP contribution >= 0.6 is 15.9 Å². The molecule has 0 amide bonds. The second kappa shape index (κ2) is 4.99. The lowest BCUT2D eigenvalue weighted by atomic mass is 10.1. The van der Waals surface area contributed by atoms with Crippen molar-refractivity contribution < 1.29 is 9.47 Å². The Bertz CT molecular complexity index is 574. The number of halogens is 1. The van der Waals surface area contributed by atoms with Crippen LogP contribution in [-0.2, 0) is 4.74 Å². The lowest BCUT2D eigenvalue weighted by Crippen LogP contribution is -2.16. The monoisotopic (exact) mass is 318 g/mol. The Morgan fingerprint density at radius 1 is 1.16 bits per heavy atom. The van der Waals surface area contributed by atoms with Gasteiger partial charge in [-0.2, -0.15) is 0 Å². The second-order valence-electron chi connectivity index (χ2n) is 5.03. The minimum atomic E-state index is -0.0683. The molecule has 1 heterocycles. The molecule has 19 heavy (non-hydrogen) atoms. The van der Waals surface area contributed by atoms with Crippen molar-refractivity contribution in [3.8, 4) is 16.9 Å². The first-order valence-corrected chi connectivity index (χ1v) is 7.07. The molecular formula is C16H15BrO2. The summed E-state index contributed by atoms with van der Waals surface area (Å²) in [7, 11) is 0. The van der Waals surface area contributed by atoms with Gasteiger partial charge < -0.3 is 9.47 Å². The molecule has 0 aliphatic carbocycles. The van der Waals surface area contributed by atoms with Gasteiger partial charge >= 0.3 is 0 Å². The molecule has 1 aliphatic heterocycles. The minimum absolute atomic E-state index is 0.0683. The lowest BCUT2D eigenvalue weighted by molar-refractivity contribution is 0.202. The number of hydrogen-bond acceptors (Lipinski definition) is 2. The number of rotatable bonds is 4. The van der Waals surface area contributed by atoms with Crippen LogP contribution in [0, 0.1) is 0 Å². The molecule has 0 bridgehead atoms. The predicted octanol–water partition coefficient (Wildman–Crippen LogP) is 4.28. The maximum atomic E-state index is 5.72. The Labute approximate surface area is 121 Å². The van der Waals surface area contributed by atoms with Crippen molar-refractivity contribution in [1.82, 2.24) is 0 Å². The van der Waals surface area contributed by atoms with Crippen LogP contribution in [0.1, 0.15) is 6.92 Å². The molecule has 1 atom stereocenters. The van der Waals surface area contributed by atoms with E-state index in [0.717, 1.165) is 16.8 Å². The average molecular weight is 319 g/mol. The van der Waals surface area contributed by atoms with E-state index in [2.05, 4.69) is 41.1 Å². The molecule has 2 aromatic carbocycles.